The largest absolute Gasteiger partial charge is 0.348 e. The molecule has 5 heteroatoms. The second kappa shape index (κ2) is 6.16. The number of nitrogens with two attached hydrogens (primary N) is 1. The third kappa shape index (κ3) is 3.13. The Morgan fingerprint density at radius 1 is 1.25 bits per heavy atom. The van der Waals surface area contributed by atoms with Crippen LogP contribution in [0, 0.1) is 0 Å². The van der Waals surface area contributed by atoms with Crippen LogP contribution in [0.4, 0.5) is 0 Å². The molecule has 0 radical (unpaired) electrons. The van der Waals surface area contributed by atoms with E-state index in [4.69, 9.17) is 5.73 Å². The predicted molar refractivity (Wildman–Crippen MR) is 77.2 cm³/mol. The van der Waals surface area contributed by atoms with Crippen molar-refractivity contribution in [2.24, 2.45) is 12.8 Å². The third-order valence-electron chi connectivity index (χ3n) is 3.05. The fourth-order valence-corrected chi connectivity index (χ4v) is 1.91. The van der Waals surface area contributed by atoms with E-state index in [-0.39, 0.29) is 17.0 Å². The molecule has 0 aliphatic rings. The molecule has 2 aromatic rings. The molecule has 0 saturated heterocycles. The molecule has 0 aliphatic carbocycles. The van der Waals surface area contributed by atoms with Gasteiger partial charge in [-0.3, -0.25) is 9.59 Å². The molecule has 1 aromatic heterocycles. The lowest BCUT2D eigenvalue weighted by molar-refractivity contribution is 0.0949. The highest BCUT2D eigenvalue weighted by atomic mass is 16.2. The lowest BCUT2D eigenvalue weighted by atomic mass is 10.1. The molecule has 1 aromatic carbocycles. The Morgan fingerprint density at radius 3 is 2.75 bits per heavy atom. The van der Waals surface area contributed by atoms with Gasteiger partial charge in [0.1, 0.15) is 5.56 Å². The topological polar surface area (TPSA) is 77.1 Å². The summed E-state index contributed by atoms with van der Waals surface area (Å²) in [5.41, 5.74) is 7.37. The molecule has 0 fully saturated rings. The van der Waals surface area contributed by atoms with Gasteiger partial charge >= 0.3 is 0 Å². The van der Waals surface area contributed by atoms with Gasteiger partial charge in [0.25, 0.3) is 11.5 Å². The number of amides is 1. The monoisotopic (exact) mass is 271 g/mol. The number of hydrogen-bond acceptors (Lipinski definition) is 3. The van der Waals surface area contributed by atoms with Gasteiger partial charge in [-0.25, -0.2) is 0 Å². The Morgan fingerprint density at radius 2 is 2.00 bits per heavy atom. The molecule has 3 N–H and O–H groups in total. The van der Waals surface area contributed by atoms with E-state index >= 15 is 0 Å². The average molecular weight is 271 g/mol. The van der Waals surface area contributed by atoms with Crippen molar-refractivity contribution in [1.82, 2.24) is 9.88 Å². The zero-order chi connectivity index (χ0) is 14.5. The van der Waals surface area contributed by atoms with Gasteiger partial charge in [0.2, 0.25) is 0 Å². The Kier molecular flexibility index (Phi) is 4.32. The first-order valence-electron chi connectivity index (χ1n) is 6.33. The number of pyridine rings is 1. The van der Waals surface area contributed by atoms with Crippen LogP contribution in [0.5, 0.6) is 0 Å². The van der Waals surface area contributed by atoms with Gasteiger partial charge in [0.05, 0.1) is 0 Å². The minimum atomic E-state index is -0.371. The zero-order valence-corrected chi connectivity index (χ0v) is 11.3. The molecule has 20 heavy (non-hydrogen) atoms. The normalized spacial score (nSPS) is 10.3. The first-order valence-corrected chi connectivity index (χ1v) is 6.33. The summed E-state index contributed by atoms with van der Waals surface area (Å²) < 4.78 is 1.38. The maximum Gasteiger partial charge on any atom is 0.263 e. The number of nitrogens with one attached hydrogen (secondary N) is 1. The minimum Gasteiger partial charge on any atom is -0.348 e. The summed E-state index contributed by atoms with van der Waals surface area (Å²) in [5.74, 6) is -0.371. The first-order chi connectivity index (χ1) is 9.61. The summed E-state index contributed by atoms with van der Waals surface area (Å²) >= 11 is 0. The number of carbonyl (C=O) groups is 1. The second-order valence-electron chi connectivity index (χ2n) is 4.54. The molecule has 0 saturated carbocycles. The van der Waals surface area contributed by atoms with Crippen LogP contribution < -0.4 is 16.6 Å². The number of hydrogen-bond donors (Lipinski definition) is 2. The molecule has 1 amide bonds. The van der Waals surface area contributed by atoms with Crippen LogP contribution in [0.2, 0.25) is 0 Å². The van der Waals surface area contributed by atoms with E-state index in [2.05, 4.69) is 5.32 Å². The molecule has 104 valence electrons. The smallest absolute Gasteiger partial charge is 0.263 e. The highest BCUT2D eigenvalue weighted by Gasteiger charge is 2.10. The van der Waals surface area contributed by atoms with Crippen molar-refractivity contribution < 1.29 is 4.79 Å². The van der Waals surface area contributed by atoms with Crippen LogP contribution >= 0.6 is 0 Å². The van der Waals surface area contributed by atoms with Crippen molar-refractivity contribution in [3.63, 3.8) is 0 Å². The van der Waals surface area contributed by atoms with E-state index in [1.165, 1.54) is 10.6 Å². The fourth-order valence-electron chi connectivity index (χ4n) is 1.91. The molecule has 0 aliphatic heterocycles. The van der Waals surface area contributed by atoms with Crippen LogP contribution in [0.15, 0.2) is 47.4 Å². The van der Waals surface area contributed by atoms with Crippen molar-refractivity contribution in [2.45, 2.75) is 13.1 Å². The molecule has 2 rings (SSSR count). The van der Waals surface area contributed by atoms with Gasteiger partial charge in [-0.2, -0.15) is 0 Å². The van der Waals surface area contributed by atoms with Crippen LogP contribution in [-0.2, 0) is 20.1 Å². The summed E-state index contributed by atoms with van der Waals surface area (Å²) in [5, 5.41) is 2.74. The second-order valence-corrected chi connectivity index (χ2v) is 4.54. The molecule has 0 atom stereocenters. The van der Waals surface area contributed by atoms with Gasteiger partial charge in [-0.15, -0.1) is 0 Å². The fraction of sp³-hybridized carbons (Fsp3) is 0.200. The molecule has 5 nitrogen and oxygen atoms in total. The summed E-state index contributed by atoms with van der Waals surface area (Å²) in [7, 11) is 1.61. The van der Waals surface area contributed by atoms with Gasteiger partial charge < -0.3 is 15.6 Å². The Bertz CT molecular complexity index is 677. The van der Waals surface area contributed by atoms with Crippen molar-refractivity contribution in [3.05, 3.63) is 69.6 Å². The van der Waals surface area contributed by atoms with Crippen LogP contribution in [-0.4, -0.2) is 10.5 Å². The van der Waals surface area contributed by atoms with Crippen molar-refractivity contribution in [1.29, 1.82) is 0 Å². The van der Waals surface area contributed by atoms with E-state index in [1.807, 2.05) is 24.3 Å². The molecule has 0 unspecified atom stereocenters. The minimum absolute atomic E-state index is 0.143. The maximum absolute atomic E-state index is 12.0. The highest BCUT2D eigenvalue weighted by molar-refractivity contribution is 5.93. The van der Waals surface area contributed by atoms with Crippen molar-refractivity contribution in [3.8, 4) is 0 Å². The number of benzene rings is 1. The lowest BCUT2D eigenvalue weighted by Crippen LogP contribution is -2.31. The summed E-state index contributed by atoms with van der Waals surface area (Å²) in [4.78, 5) is 23.8. The number of aromatic nitrogens is 1. The zero-order valence-electron chi connectivity index (χ0n) is 11.3. The van der Waals surface area contributed by atoms with Crippen molar-refractivity contribution >= 4 is 5.91 Å². The van der Waals surface area contributed by atoms with Gasteiger partial charge in [0, 0.05) is 26.3 Å². The van der Waals surface area contributed by atoms with Gasteiger partial charge in [0.15, 0.2) is 0 Å². The summed E-state index contributed by atoms with van der Waals surface area (Å²) in [6.45, 7) is 0.825. The molecule has 1 heterocycles. The predicted octanol–water partition coefficient (Wildman–Crippen LogP) is 0.774. The third-order valence-corrected chi connectivity index (χ3v) is 3.05. The van der Waals surface area contributed by atoms with Crippen LogP contribution in [0.3, 0.4) is 0 Å². The quantitative estimate of drug-likeness (QED) is 0.862. The molecular weight excluding hydrogens is 254 g/mol. The molecule has 0 bridgehead atoms. The standard InChI is InChI=1S/C15H17N3O2/c1-18-7-3-6-13(15(18)20)14(19)17-10-12-5-2-4-11(8-12)9-16/h2-8H,9-10,16H2,1H3,(H,17,19). The molecular formula is C15H17N3O2. The highest BCUT2D eigenvalue weighted by Crippen LogP contribution is 2.04. The van der Waals surface area contributed by atoms with E-state index in [0.717, 1.165) is 11.1 Å². The lowest BCUT2D eigenvalue weighted by Gasteiger charge is -2.07. The number of nitrogens with zero attached hydrogens (tertiary/aromatic N) is 1. The van der Waals surface area contributed by atoms with Gasteiger partial charge in [-0.1, -0.05) is 24.3 Å². The summed E-state index contributed by atoms with van der Waals surface area (Å²) in [6.07, 6.45) is 1.61. The van der Waals surface area contributed by atoms with E-state index < -0.39 is 0 Å². The van der Waals surface area contributed by atoms with Crippen molar-refractivity contribution in [2.75, 3.05) is 0 Å². The Labute approximate surface area is 117 Å². The van der Waals surface area contributed by atoms with Gasteiger partial charge in [-0.05, 0) is 23.3 Å². The summed E-state index contributed by atoms with van der Waals surface area (Å²) in [6, 6.07) is 10.9. The number of rotatable bonds is 4. The SMILES string of the molecule is Cn1cccc(C(=O)NCc2cccc(CN)c2)c1=O. The van der Waals surface area contributed by atoms with E-state index in [9.17, 15) is 9.59 Å². The average Bonchev–Trinajstić information content (AvgIpc) is 2.48. The maximum atomic E-state index is 12.0. The molecule has 0 spiro atoms. The van der Waals surface area contributed by atoms with E-state index in [1.54, 1.807) is 19.3 Å². The number of aryl methyl sites for hydroxylation is 1. The first kappa shape index (κ1) is 14.0. The Hall–Kier alpha value is -2.40. The van der Waals surface area contributed by atoms with E-state index in [0.29, 0.717) is 13.1 Å². The van der Waals surface area contributed by atoms with Crippen LogP contribution in [0.1, 0.15) is 21.5 Å². The Balaban J connectivity index is 2.08. The number of carbonyl (C=O) groups excluding carboxylic acids is 1. The van der Waals surface area contributed by atoms with Crippen LogP contribution in [0.25, 0.3) is 0 Å².